The highest BCUT2D eigenvalue weighted by molar-refractivity contribution is 7.80. The molecule has 1 rings (SSSR count). The zero-order chi connectivity index (χ0) is 15.2. The van der Waals surface area contributed by atoms with Gasteiger partial charge in [0, 0.05) is 0 Å². The first-order chi connectivity index (χ1) is 9.28. The molecular weight excluding hydrogens is 270 g/mol. The van der Waals surface area contributed by atoms with E-state index < -0.39 is 5.66 Å². The molecule has 0 saturated heterocycles. The smallest absolute Gasteiger partial charge is 0.187 e. The molecule has 0 heterocycles. The second-order valence-electron chi connectivity index (χ2n) is 5.44. The van der Waals surface area contributed by atoms with Gasteiger partial charge in [0.25, 0.3) is 0 Å². The Bertz CT molecular complexity index is 465. The summed E-state index contributed by atoms with van der Waals surface area (Å²) in [6.45, 7) is 9.84. The van der Waals surface area contributed by atoms with Crippen LogP contribution in [0, 0.1) is 6.92 Å². The van der Waals surface area contributed by atoms with Gasteiger partial charge < -0.3 is 5.32 Å². The Labute approximate surface area is 126 Å². The average Bonchev–Trinajstić information content (AvgIpc) is 2.35. The highest BCUT2D eigenvalue weighted by Gasteiger charge is 2.17. The average molecular weight is 293 g/mol. The van der Waals surface area contributed by atoms with Gasteiger partial charge in [0.1, 0.15) is 5.66 Å². The Morgan fingerprint density at radius 2 is 1.80 bits per heavy atom. The first-order valence-electron chi connectivity index (χ1n) is 6.61. The van der Waals surface area contributed by atoms with Crippen LogP contribution in [0.3, 0.4) is 0 Å². The number of rotatable bonds is 5. The summed E-state index contributed by atoms with van der Waals surface area (Å²) in [4.78, 5) is 0. The third kappa shape index (κ3) is 6.47. The third-order valence-electron chi connectivity index (χ3n) is 2.33. The first-order valence-corrected chi connectivity index (χ1v) is 7.02. The molecule has 0 aliphatic heterocycles. The van der Waals surface area contributed by atoms with Gasteiger partial charge in [-0.2, -0.15) is 10.2 Å². The summed E-state index contributed by atoms with van der Waals surface area (Å²) in [7, 11) is 0. The molecule has 0 saturated carbocycles. The fourth-order valence-corrected chi connectivity index (χ4v) is 1.66. The molecule has 20 heavy (non-hydrogen) atoms. The Morgan fingerprint density at radius 3 is 2.35 bits per heavy atom. The van der Waals surface area contributed by atoms with E-state index in [4.69, 9.17) is 12.2 Å². The fourth-order valence-electron chi connectivity index (χ4n) is 1.36. The zero-order valence-electron chi connectivity index (χ0n) is 12.7. The van der Waals surface area contributed by atoms with Crippen molar-refractivity contribution in [1.82, 2.24) is 10.7 Å². The van der Waals surface area contributed by atoms with Crippen molar-refractivity contribution in [3.05, 3.63) is 29.8 Å². The molecule has 0 unspecified atom stereocenters. The Balaban J connectivity index is 2.45. The van der Waals surface area contributed by atoms with Crippen molar-refractivity contribution in [2.24, 2.45) is 10.2 Å². The van der Waals surface area contributed by atoms with Crippen LogP contribution in [-0.2, 0) is 0 Å². The highest BCUT2D eigenvalue weighted by Crippen LogP contribution is 2.08. The van der Waals surface area contributed by atoms with E-state index in [1.807, 2.05) is 58.9 Å². The van der Waals surface area contributed by atoms with Crippen LogP contribution >= 0.6 is 12.2 Å². The summed E-state index contributed by atoms with van der Waals surface area (Å²) < 4.78 is 0. The Morgan fingerprint density at radius 1 is 1.20 bits per heavy atom. The number of azo groups is 1. The van der Waals surface area contributed by atoms with Gasteiger partial charge in [0.15, 0.2) is 5.11 Å². The molecule has 3 N–H and O–H groups in total. The maximum atomic E-state index is 5.22. The molecule has 0 bridgehead atoms. The maximum Gasteiger partial charge on any atom is 0.187 e. The van der Waals surface area contributed by atoms with Crippen molar-refractivity contribution in [2.75, 3.05) is 5.43 Å². The lowest BCUT2D eigenvalue weighted by molar-refractivity contribution is 0.444. The minimum absolute atomic E-state index is 0.170. The zero-order valence-corrected chi connectivity index (χ0v) is 13.5. The first kappa shape index (κ1) is 16.4. The van der Waals surface area contributed by atoms with E-state index in [1.165, 1.54) is 5.56 Å². The summed E-state index contributed by atoms with van der Waals surface area (Å²) in [6, 6.07) is 8.19. The van der Waals surface area contributed by atoms with E-state index in [9.17, 15) is 0 Å². The minimum Gasteiger partial charge on any atom is -0.336 e. The van der Waals surface area contributed by atoms with Crippen molar-refractivity contribution in [3.63, 3.8) is 0 Å². The minimum atomic E-state index is -0.538. The maximum absolute atomic E-state index is 5.22. The molecule has 0 aliphatic carbocycles. The topological polar surface area (TPSA) is 60.8 Å². The summed E-state index contributed by atoms with van der Waals surface area (Å²) in [5.74, 6) is 0. The second-order valence-corrected chi connectivity index (χ2v) is 5.85. The highest BCUT2D eigenvalue weighted by atomic mass is 32.1. The van der Waals surface area contributed by atoms with Crippen LogP contribution in [0.1, 0.15) is 33.3 Å². The van der Waals surface area contributed by atoms with E-state index in [2.05, 4.69) is 26.4 Å². The van der Waals surface area contributed by atoms with Gasteiger partial charge in [0.05, 0.1) is 11.7 Å². The number of aryl methyl sites for hydroxylation is 1. The number of benzene rings is 1. The van der Waals surface area contributed by atoms with Crippen LogP contribution in [0.15, 0.2) is 34.5 Å². The summed E-state index contributed by atoms with van der Waals surface area (Å²) >= 11 is 5.22. The van der Waals surface area contributed by atoms with Crippen molar-refractivity contribution in [3.8, 4) is 0 Å². The quantitative estimate of drug-likeness (QED) is 0.442. The standard InChI is InChI=1S/C14H23N5S/c1-10(2)16-19-14(4,5)15-13(20)18-17-12-8-6-11(3)7-9-12/h6-10,17H,1-5H3,(H2,15,18,20). The van der Waals surface area contributed by atoms with E-state index in [0.717, 1.165) is 5.69 Å². The summed E-state index contributed by atoms with van der Waals surface area (Å²) in [5, 5.41) is 11.9. The van der Waals surface area contributed by atoms with E-state index >= 15 is 0 Å². The van der Waals surface area contributed by atoms with Crippen molar-refractivity contribution >= 4 is 23.0 Å². The third-order valence-corrected chi connectivity index (χ3v) is 2.53. The van der Waals surface area contributed by atoms with Crippen LogP contribution in [-0.4, -0.2) is 16.8 Å². The molecule has 110 valence electrons. The summed E-state index contributed by atoms with van der Waals surface area (Å²) in [6.07, 6.45) is 0. The number of hydrogen-bond donors (Lipinski definition) is 3. The lowest BCUT2D eigenvalue weighted by Gasteiger charge is -2.23. The molecule has 0 fully saturated rings. The van der Waals surface area contributed by atoms with Gasteiger partial charge in [0.2, 0.25) is 0 Å². The lowest BCUT2D eigenvalue weighted by Crippen LogP contribution is -2.48. The van der Waals surface area contributed by atoms with Gasteiger partial charge in [-0.25, -0.2) is 0 Å². The van der Waals surface area contributed by atoms with Crippen LogP contribution in [0.2, 0.25) is 0 Å². The molecule has 0 aliphatic rings. The normalized spacial score (nSPS) is 11.7. The molecular formula is C14H23N5S. The van der Waals surface area contributed by atoms with Gasteiger partial charge in [-0.15, -0.1) is 0 Å². The number of nitrogens with zero attached hydrogens (tertiary/aromatic N) is 2. The van der Waals surface area contributed by atoms with Crippen LogP contribution < -0.4 is 16.2 Å². The molecule has 6 heteroatoms. The van der Waals surface area contributed by atoms with E-state index in [-0.39, 0.29) is 6.04 Å². The molecule has 0 aromatic heterocycles. The predicted molar refractivity (Wildman–Crippen MR) is 87.7 cm³/mol. The molecule has 5 nitrogen and oxygen atoms in total. The van der Waals surface area contributed by atoms with Gasteiger partial charge >= 0.3 is 0 Å². The number of nitrogens with one attached hydrogen (secondary N) is 3. The molecule has 0 amide bonds. The van der Waals surface area contributed by atoms with E-state index in [1.54, 1.807) is 0 Å². The molecule has 0 spiro atoms. The summed E-state index contributed by atoms with van der Waals surface area (Å²) in [5.41, 5.74) is 7.59. The predicted octanol–water partition coefficient (Wildman–Crippen LogP) is 3.38. The van der Waals surface area contributed by atoms with Crippen LogP contribution in [0.4, 0.5) is 5.69 Å². The number of hydrazine groups is 1. The fraction of sp³-hybridized carbons (Fsp3) is 0.500. The largest absolute Gasteiger partial charge is 0.336 e. The van der Waals surface area contributed by atoms with Gasteiger partial charge in [-0.1, -0.05) is 17.7 Å². The monoisotopic (exact) mass is 293 g/mol. The number of thiocarbonyl (C=S) groups is 1. The van der Waals surface area contributed by atoms with Gasteiger partial charge in [-0.3, -0.25) is 10.9 Å². The SMILES string of the molecule is Cc1ccc(NNC(=S)NC(C)(C)N=NC(C)C)cc1. The molecule has 1 aromatic rings. The molecule has 0 atom stereocenters. The Hall–Kier alpha value is -1.69. The van der Waals surface area contributed by atoms with Crippen LogP contribution in [0.25, 0.3) is 0 Å². The van der Waals surface area contributed by atoms with Gasteiger partial charge in [-0.05, 0) is 59.0 Å². The molecule has 1 aromatic carbocycles. The number of anilines is 1. The number of hydrogen-bond acceptors (Lipinski definition) is 4. The lowest BCUT2D eigenvalue weighted by atomic mass is 10.2. The van der Waals surface area contributed by atoms with Crippen molar-refractivity contribution in [2.45, 2.75) is 46.3 Å². The van der Waals surface area contributed by atoms with Crippen molar-refractivity contribution < 1.29 is 0 Å². The Kier molecular flexibility index (Phi) is 5.88. The van der Waals surface area contributed by atoms with Crippen LogP contribution in [0.5, 0.6) is 0 Å². The molecule has 0 radical (unpaired) electrons. The second kappa shape index (κ2) is 7.19. The van der Waals surface area contributed by atoms with Crippen molar-refractivity contribution in [1.29, 1.82) is 0 Å². The van der Waals surface area contributed by atoms with E-state index in [0.29, 0.717) is 5.11 Å².